The van der Waals surface area contributed by atoms with Crippen LogP contribution in [0, 0.1) is 0 Å². The van der Waals surface area contributed by atoms with Crippen LogP contribution < -0.4 is 5.73 Å². The van der Waals surface area contributed by atoms with Gasteiger partial charge in [-0.1, -0.05) is 58.9 Å². The SMILES string of the molecule is CC(C)(C)c1ccc(C(C)(C)CN)cc1. The van der Waals surface area contributed by atoms with Gasteiger partial charge in [0.15, 0.2) is 0 Å². The minimum Gasteiger partial charge on any atom is -0.330 e. The molecule has 15 heavy (non-hydrogen) atoms. The van der Waals surface area contributed by atoms with Crippen molar-refractivity contribution in [2.75, 3.05) is 6.54 Å². The van der Waals surface area contributed by atoms with Crippen molar-refractivity contribution in [2.24, 2.45) is 5.73 Å². The zero-order valence-corrected chi connectivity index (χ0v) is 10.6. The van der Waals surface area contributed by atoms with Gasteiger partial charge in [-0.05, 0) is 16.5 Å². The summed E-state index contributed by atoms with van der Waals surface area (Å²) in [6.07, 6.45) is 0. The van der Waals surface area contributed by atoms with Crippen molar-refractivity contribution in [1.29, 1.82) is 0 Å². The fourth-order valence-corrected chi connectivity index (χ4v) is 1.54. The molecule has 0 heterocycles. The summed E-state index contributed by atoms with van der Waals surface area (Å²) in [6.45, 7) is 11.7. The third-order valence-electron chi connectivity index (χ3n) is 3.04. The lowest BCUT2D eigenvalue weighted by Crippen LogP contribution is -2.28. The summed E-state index contributed by atoms with van der Waals surface area (Å²) in [6, 6.07) is 8.83. The molecule has 0 aliphatic rings. The van der Waals surface area contributed by atoms with Crippen LogP contribution in [0.25, 0.3) is 0 Å². The molecule has 0 fully saturated rings. The number of rotatable bonds is 2. The zero-order valence-electron chi connectivity index (χ0n) is 10.6. The Balaban J connectivity index is 3.01. The molecule has 1 rings (SSSR count). The van der Waals surface area contributed by atoms with Crippen LogP contribution >= 0.6 is 0 Å². The van der Waals surface area contributed by atoms with Crippen molar-refractivity contribution >= 4 is 0 Å². The lowest BCUT2D eigenvalue weighted by Gasteiger charge is -2.25. The highest BCUT2D eigenvalue weighted by Crippen LogP contribution is 2.26. The van der Waals surface area contributed by atoms with Gasteiger partial charge < -0.3 is 5.73 Å². The Morgan fingerprint density at radius 2 is 1.27 bits per heavy atom. The fraction of sp³-hybridized carbons (Fsp3) is 0.571. The van der Waals surface area contributed by atoms with E-state index in [1.165, 1.54) is 11.1 Å². The first-order chi connectivity index (χ1) is 6.77. The molecule has 2 N–H and O–H groups in total. The summed E-state index contributed by atoms with van der Waals surface area (Å²) in [4.78, 5) is 0. The van der Waals surface area contributed by atoms with E-state index in [4.69, 9.17) is 5.73 Å². The third kappa shape index (κ3) is 2.82. The topological polar surface area (TPSA) is 26.0 Å². The molecule has 0 unspecified atom stereocenters. The van der Waals surface area contributed by atoms with Crippen molar-refractivity contribution in [1.82, 2.24) is 0 Å². The number of hydrogen-bond donors (Lipinski definition) is 1. The van der Waals surface area contributed by atoms with Crippen LogP contribution in [-0.4, -0.2) is 6.54 Å². The maximum Gasteiger partial charge on any atom is 0.00190 e. The molecule has 0 aromatic heterocycles. The Morgan fingerprint density at radius 1 is 0.867 bits per heavy atom. The maximum absolute atomic E-state index is 5.76. The van der Waals surface area contributed by atoms with Crippen molar-refractivity contribution in [3.05, 3.63) is 35.4 Å². The molecule has 0 aliphatic heterocycles. The van der Waals surface area contributed by atoms with E-state index >= 15 is 0 Å². The van der Waals surface area contributed by atoms with E-state index in [-0.39, 0.29) is 10.8 Å². The maximum atomic E-state index is 5.76. The highest BCUT2D eigenvalue weighted by Gasteiger charge is 2.19. The van der Waals surface area contributed by atoms with E-state index < -0.39 is 0 Å². The summed E-state index contributed by atoms with van der Waals surface area (Å²) in [7, 11) is 0. The van der Waals surface area contributed by atoms with Gasteiger partial charge in [0.2, 0.25) is 0 Å². The van der Waals surface area contributed by atoms with Crippen molar-refractivity contribution in [2.45, 2.75) is 45.4 Å². The summed E-state index contributed by atoms with van der Waals surface area (Å²) < 4.78 is 0. The van der Waals surface area contributed by atoms with E-state index in [0.717, 1.165) is 0 Å². The molecule has 0 saturated heterocycles. The number of hydrogen-bond acceptors (Lipinski definition) is 1. The second-order valence-electron chi connectivity index (χ2n) is 5.92. The van der Waals surface area contributed by atoms with Crippen LogP contribution in [0.4, 0.5) is 0 Å². The lowest BCUT2D eigenvalue weighted by molar-refractivity contribution is 0.536. The minimum atomic E-state index is 0.0798. The van der Waals surface area contributed by atoms with E-state index in [0.29, 0.717) is 6.54 Å². The molecular formula is C14H23N. The Kier molecular flexibility index (Phi) is 3.25. The van der Waals surface area contributed by atoms with Gasteiger partial charge in [0.1, 0.15) is 0 Å². The molecule has 0 aliphatic carbocycles. The molecule has 0 saturated carbocycles. The summed E-state index contributed by atoms with van der Waals surface area (Å²) in [5.74, 6) is 0. The molecular weight excluding hydrogens is 182 g/mol. The second kappa shape index (κ2) is 3.97. The van der Waals surface area contributed by atoms with Crippen LogP contribution in [0.2, 0.25) is 0 Å². The van der Waals surface area contributed by atoms with Crippen LogP contribution in [0.5, 0.6) is 0 Å². The molecule has 84 valence electrons. The number of nitrogens with two attached hydrogens (primary N) is 1. The van der Waals surface area contributed by atoms with Crippen molar-refractivity contribution in [3.63, 3.8) is 0 Å². The summed E-state index contributed by atoms with van der Waals surface area (Å²) >= 11 is 0. The van der Waals surface area contributed by atoms with Gasteiger partial charge in [0, 0.05) is 12.0 Å². The molecule has 0 bridgehead atoms. The fourth-order valence-electron chi connectivity index (χ4n) is 1.54. The smallest absolute Gasteiger partial charge is 0.00190 e. The highest BCUT2D eigenvalue weighted by molar-refractivity contribution is 5.31. The summed E-state index contributed by atoms with van der Waals surface area (Å²) in [5, 5.41) is 0. The first-order valence-electron chi connectivity index (χ1n) is 5.58. The van der Waals surface area contributed by atoms with Crippen LogP contribution in [0.15, 0.2) is 24.3 Å². The minimum absolute atomic E-state index is 0.0798. The van der Waals surface area contributed by atoms with Gasteiger partial charge in [-0.25, -0.2) is 0 Å². The van der Waals surface area contributed by atoms with Gasteiger partial charge in [-0.2, -0.15) is 0 Å². The Labute approximate surface area is 93.7 Å². The normalized spacial score (nSPS) is 12.9. The number of benzene rings is 1. The average molecular weight is 205 g/mol. The molecule has 0 amide bonds. The van der Waals surface area contributed by atoms with Crippen molar-refractivity contribution in [3.8, 4) is 0 Å². The van der Waals surface area contributed by atoms with Crippen LogP contribution in [0.3, 0.4) is 0 Å². The molecule has 1 nitrogen and oxygen atoms in total. The zero-order chi connectivity index (χ0) is 11.7. The quantitative estimate of drug-likeness (QED) is 0.788. The second-order valence-corrected chi connectivity index (χ2v) is 5.92. The molecule has 1 aromatic rings. The predicted molar refractivity (Wildman–Crippen MR) is 67.2 cm³/mol. The first kappa shape index (κ1) is 12.3. The third-order valence-corrected chi connectivity index (χ3v) is 3.04. The average Bonchev–Trinajstić information content (AvgIpc) is 2.17. The monoisotopic (exact) mass is 205 g/mol. The van der Waals surface area contributed by atoms with Crippen LogP contribution in [0.1, 0.15) is 45.7 Å². The highest BCUT2D eigenvalue weighted by atomic mass is 14.6. The Bertz CT molecular complexity index is 314. The van der Waals surface area contributed by atoms with E-state index in [9.17, 15) is 0 Å². The van der Waals surface area contributed by atoms with Crippen molar-refractivity contribution < 1.29 is 0 Å². The van der Waals surface area contributed by atoms with Gasteiger partial charge in [-0.3, -0.25) is 0 Å². The molecule has 0 spiro atoms. The lowest BCUT2D eigenvalue weighted by atomic mass is 9.81. The Hall–Kier alpha value is -0.820. The summed E-state index contributed by atoms with van der Waals surface area (Å²) in [5.41, 5.74) is 8.76. The van der Waals surface area contributed by atoms with E-state index in [2.05, 4.69) is 58.9 Å². The van der Waals surface area contributed by atoms with E-state index in [1.54, 1.807) is 0 Å². The molecule has 1 heteroatoms. The Morgan fingerprint density at radius 3 is 1.60 bits per heavy atom. The molecule has 1 aromatic carbocycles. The standard InChI is InChI=1S/C14H23N/c1-13(2,3)11-6-8-12(9-7-11)14(4,5)10-15/h6-9H,10,15H2,1-5H3. The molecule has 0 atom stereocenters. The molecule has 0 radical (unpaired) electrons. The van der Waals surface area contributed by atoms with E-state index in [1.807, 2.05) is 0 Å². The first-order valence-corrected chi connectivity index (χ1v) is 5.58. The largest absolute Gasteiger partial charge is 0.330 e. The van der Waals surface area contributed by atoms with Gasteiger partial charge in [-0.15, -0.1) is 0 Å². The van der Waals surface area contributed by atoms with Crippen LogP contribution in [-0.2, 0) is 10.8 Å². The van der Waals surface area contributed by atoms with Gasteiger partial charge in [0.25, 0.3) is 0 Å². The van der Waals surface area contributed by atoms with Gasteiger partial charge >= 0.3 is 0 Å². The van der Waals surface area contributed by atoms with Gasteiger partial charge in [0.05, 0.1) is 0 Å². The predicted octanol–water partition coefficient (Wildman–Crippen LogP) is 3.22.